The van der Waals surface area contributed by atoms with Gasteiger partial charge in [0.1, 0.15) is 22.7 Å². The van der Waals surface area contributed by atoms with Gasteiger partial charge in [-0.3, -0.25) is 0 Å². The molecule has 0 spiro atoms. The topological polar surface area (TPSA) is 36.1 Å². The lowest BCUT2D eigenvalue weighted by Crippen LogP contribution is -1.93. The quantitative estimate of drug-likeness (QED) is 0.178. The third-order valence-electron chi connectivity index (χ3n) is 11.4. The summed E-state index contributed by atoms with van der Waals surface area (Å²) < 4.78 is 17.6. The predicted octanol–water partition coefficient (Wildman–Crippen LogP) is 14.4. The van der Waals surface area contributed by atoms with E-state index in [0.717, 1.165) is 67.1 Å². The minimum absolute atomic E-state index is 0.848. The fourth-order valence-corrected chi connectivity index (χ4v) is 8.66. The molecule has 8 aromatic carbocycles. The molecule has 0 unspecified atom stereocenters. The Morgan fingerprint density at radius 2 is 0.607 bits per heavy atom. The number of furan rings is 2. The van der Waals surface area contributed by atoms with Crippen LogP contribution in [0.4, 0.5) is 0 Å². The van der Waals surface area contributed by atoms with E-state index in [0.29, 0.717) is 0 Å². The molecular weight excluding hydrogens is 685 g/mol. The van der Waals surface area contributed by atoms with Crippen LogP contribution in [-0.4, -0.2) is 9.13 Å². The number of benzene rings is 8. The summed E-state index contributed by atoms with van der Waals surface area (Å²) in [5.74, 6) is 1.70. The molecule has 4 nitrogen and oxygen atoms in total. The highest BCUT2D eigenvalue weighted by Gasteiger charge is 2.15. The molecule has 0 aliphatic carbocycles. The summed E-state index contributed by atoms with van der Waals surface area (Å²) in [6, 6.07) is 68.8. The molecule has 0 amide bonds. The van der Waals surface area contributed by atoms with Gasteiger partial charge in [-0.2, -0.15) is 0 Å². The number of aromatic nitrogens is 2. The van der Waals surface area contributed by atoms with Crippen LogP contribution in [0.5, 0.6) is 0 Å². The first-order chi connectivity index (χ1) is 27.7. The SMILES string of the molecule is c1ccc2c(c1)c1ccccc1n2-c1ccc(-c2cc3ccc(-c4ccc5cc(-c6ccc(-n7c8ccccc8c8ccccc87)cc6)oc5c4)cc3o2)cc1. The first kappa shape index (κ1) is 30.9. The second kappa shape index (κ2) is 12.0. The van der Waals surface area contributed by atoms with Crippen molar-refractivity contribution in [1.82, 2.24) is 9.13 Å². The first-order valence-corrected chi connectivity index (χ1v) is 19.0. The maximum absolute atomic E-state index is 6.49. The van der Waals surface area contributed by atoms with E-state index in [-0.39, 0.29) is 0 Å². The van der Waals surface area contributed by atoms with Crippen molar-refractivity contribution in [1.29, 1.82) is 0 Å². The summed E-state index contributed by atoms with van der Waals surface area (Å²) in [6.07, 6.45) is 0. The molecule has 262 valence electrons. The van der Waals surface area contributed by atoms with Crippen LogP contribution in [0.25, 0.3) is 111 Å². The van der Waals surface area contributed by atoms with E-state index < -0.39 is 0 Å². The van der Waals surface area contributed by atoms with Gasteiger partial charge in [-0.05, 0) is 108 Å². The number of fused-ring (bicyclic) bond motifs is 8. The van der Waals surface area contributed by atoms with Crippen LogP contribution in [0.15, 0.2) is 203 Å². The third-order valence-corrected chi connectivity index (χ3v) is 11.4. The van der Waals surface area contributed by atoms with Crippen LogP contribution in [0.2, 0.25) is 0 Å². The molecule has 4 aromatic heterocycles. The Morgan fingerprint density at radius 1 is 0.286 bits per heavy atom. The third kappa shape index (κ3) is 4.73. The zero-order chi connectivity index (χ0) is 36.7. The highest BCUT2D eigenvalue weighted by atomic mass is 16.3. The minimum atomic E-state index is 0.848. The Hall–Kier alpha value is -7.56. The lowest BCUT2D eigenvalue weighted by molar-refractivity contribution is 0.631. The average Bonchev–Trinajstić information content (AvgIpc) is 4.04. The van der Waals surface area contributed by atoms with Crippen LogP contribution in [-0.2, 0) is 0 Å². The van der Waals surface area contributed by atoms with Crippen molar-refractivity contribution in [3.63, 3.8) is 0 Å². The van der Waals surface area contributed by atoms with E-state index >= 15 is 0 Å². The van der Waals surface area contributed by atoms with E-state index in [4.69, 9.17) is 8.83 Å². The lowest BCUT2D eigenvalue weighted by Gasteiger charge is -2.08. The summed E-state index contributed by atoms with van der Waals surface area (Å²) in [5.41, 5.74) is 13.0. The van der Waals surface area contributed by atoms with E-state index in [1.165, 1.54) is 43.6 Å². The Labute approximate surface area is 321 Å². The molecule has 4 heterocycles. The molecule has 0 aliphatic heterocycles. The maximum atomic E-state index is 6.49. The van der Waals surface area contributed by atoms with Gasteiger partial charge in [0.2, 0.25) is 0 Å². The number of rotatable bonds is 5. The van der Waals surface area contributed by atoms with Gasteiger partial charge >= 0.3 is 0 Å². The summed E-state index contributed by atoms with van der Waals surface area (Å²) in [7, 11) is 0. The van der Waals surface area contributed by atoms with E-state index in [9.17, 15) is 0 Å². The standard InChI is InChI=1S/C52H32N2O2/c1-5-13-45-41(9-1)42-10-2-6-14-46(42)53(45)39-25-21-33(22-26-39)49-31-37-19-17-35(29-51(37)55-49)36-18-20-38-32-50(56-52(38)30-36)34-23-27-40(28-24-34)54-47-15-7-3-11-43(47)44-12-4-8-16-48(44)54/h1-32H. The number of hydrogen-bond acceptors (Lipinski definition) is 2. The largest absolute Gasteiger partial charge is 0.456 e. The lowest BCUT2D eigenvalue weighted by atomic mass is 10.0. The maximum Gasteiger partial charge on any atom is 0.135 e. The molecule has 0 saturated heterocycles. The van der Waals surface area contributed by atoms with Crippen LogP contribution in [0.1, 0.15) is 0 Å². The van der Waals surface area contributed by atoms with Crippen LogP contribution >= 0.6 is 0 Å². The van der Waals surface area contributed by atoms with Crippen molar-refractivity contribution in [2.24, 2.45) is 0 Å². The van der Waals surface area contributed by atoms with Gasteiger partial charge in [-0.1, -0.05) is 97.1 Å². The zero-order valence-electron chi connectivity index (χ0n) is 30.2. The number of hydrogen-bond donors (Lipinski definition) is 0. The number of nitrogens with zero attached hydrogens (tertiary/aromatic N) is 2. The van der Waals surface area contributed by atoms with E-state index in [1.807, 2.05) is 0 Å². The van der Waals surface area contributed by atoms with Crippen molar-refractivity contribution < 1.29 is 8.83 Å². The Morgan fingerprint density at radius 3 is 0.964 bits per heavy atom. The summed E-state index contributed by atoms with van der Waals surface area (Å²) >= 11 is 0. The monoisotopic (exact) mass is 716 g/mol. The highest BCUT2D eigenvalue weighted by molar-refractivity contribution is 6.10. The molecule has 0 aliphatic rings. The molecule has 0 atom stereocenters. The van der Waals surface area contributed by atoms with Crippen molar-refractivity contribution in [3.05, 3.63) is 194 Å². The fourth-order valence-electron chi connectivity index (χ4n) is 8.66. The molecule has 0 N–H and O–H groups in total. The van der Waals surface area contributed by atoms with Crippen LogP contribution < -0.4 is 0 Å². The minimum Gasteiger partial charge on any atom is -0.456 e. The normalized spacial score (nSPS) is 11.9. The molecular formula is C52H32N2O2. The number of para-hydroxylation sites is 4. The molecule has 0 saturated carbocycles. The van der Waals surface area contributed by atoms with Crippen LogP contribution in [0.3, 0.4) is 0 Å². The molecule has 4 heteroatoms. The molecule has 56 heavy (non-hydrogen) atoms. The molecule has 0 radical (unpaired) electrons. The van der Waals surface area contributed by atoms with E-state index in [1.54, 1.807) is 0 Å². The summed E-state index contributed by atoms with van der Waals surface area (Å²) in [6.45, 7) is 0. The molecule has 0 bridgehead atoms. The van der Waals surface area contributed by atoms with Gasteiger partial charge in [0, 0.05) is 54.8 Å². The van der Waals surface area contributed by atoms with Gasteiger partial charge in [0.05, 0.1) is 22.1 Å². The summed E-state index contributed by atoms with van der Waals surface area (Å²) in [5, 5.41) is 7.17. The van der Waals surface area contributed by atoms with Crippen molar-refractivity contribution in [2.45, 2.75) is 0 Å². The second-order valence-corrected chi connectivity index (χ2v) is 14.6. The van der Waals surface area contributed by atoms with Gasteiger partial charge in [0.25, 0.3) is 0 Å². The Bertz CT molecular complexity index is 3120. The van der Waals surface area contributed by atoms with Crippen molar-refractivity contribution in [3.8, 4) is 45.1 Å². The highest BCUT2D eigenvalue weighted by Crippen LogP contribution is 2.37. The molecule has 0 fully saturated rings. The van der Waals surface area contributed by atoms with Gasteiger partial charge in [-0.15, -0.1) is 0 Å². The molecule has 12 rings (SSSR count). The second-order valence-electron chi connectivity index (χ2n) is 14.6. The molecule has 12 aromatic rings. The first-order valence-electron chi connectivity index (χ1n) is 19.0. The van der Waals surface area contributed by atoms with Crippen molar-refractivity contribution in [2.75, 3.05) is 0 Å². The van der Waals surface area contributed by atoms with Crippen molar-refractivity contribution >= 4 is 65.6 Å². The predicted molar refractivity (Wildman–Crippen MR) is 231 cm³/mol. The van der Waals surface area contributed by atoms with Gasteiger partial charge in [0.15, 0.2) is 0 Å². The fraction of sp³-hybridized carbons (Fsp3) is 0. The van der Waals surface area contributed by atoms with Crippen LogP contribution in [0, 0.1) is 0 Å². The Balaban J connectivity index is 0.835. The van der Waals surface area contributed by atoms with Gasteiger partial charge < -0.3 is 18.0 Å². The Kier molecular flexibility index (Phi) is 6.60. The summed E-state index contributed by atoms with van der Waals surface area (Å²) in [4.78, 5) is 0. The smallest absolute Gasteiger partial charge is 0.135 e. The van der Waals surface area contributed by atoms with E-state index in [2.05, 4.69) is 203 Å². The average molecular weight is 717 g/mol. The zero-order valence-corrected chi connectivity index (χ0v) is 30.2. The van der Waals surface area contributed by atoms with Gasteiger partial charge in [-0.25, -0.2) is 0 Å².